The molecule has 0 atom stereocenters. The number of sulfonamides is 1. The lowest BCUT2D eigenvalue weighted by Gasteiger charge is -2.33. The van der Waals surface area contributed by atoms with Gasteiger partial charge in [-0.15, -0.1) is 11.3 Å². The van der Waals surface area contributed by atoms with Gasteiger partial charge in [-0.05, 0) is 24.6 Å². The molecule has 2 heterocycles. The molecule has 0 saturated carbocycles. The number of thiophene rings is 1. The van der Waals surface area contributed by atoms with Gasteiger partial charge in [0, 0.05) is 31.1 Å². The highest BCUT2D eigenvalue weighted by Crippen LogP contribution is 2.29. The van der Waals surface area contributed by atoms with Crippen LogP contribution in [0.1, 0.15) is 22.2 Å². The molecule has 0 unspecified atom stereocenters. The van der Waals surface area contributed by atoms with Gasteiger partial charge in [0.1, 0.15) is 5.00 Å². The lowest BCUT2D eigenvalue weighted by atomic mass is 10.2. The lowest BCUT2D eigenvalue weighted by molar-refractivity contribution is -0.117. The fraction of sp³-hybridized carbons (Fsp3) is 0.400. The second kappa shape index (κ2) is 9.69. The number of esters is 1. The van der Waals surface area contributed by atoms with E-state index in [4.69, 9.17) is 4.74 Å². The van der Waals surface area contributed by atoms with E-state index in [0.29, 0.717) is 36.7 Å². The Labute approximate surface area is 180 Å². The standard InChI is InChI=1S/C20H25N3O5S2/c1-3-15-13-17(20(25)28-2)19(29-15)21-18(24)14-22-9-11-23(12-10-22)30(26,27)16-7-5-4-6-8-16/h4-8,13H,3,9-12,14H2,1-2H3,(H,21,24). The summed E-state index contributed by atoms with van der Waals surface area (Å²) in [6.45, 7) is 3.64. The molecule has 1 aromatic heterocycles. The van der Waals surface area contributed by atoms with E-state index < -0.39 is 16.0 Å². The van der Waals surface area contributed by atoms with Gasteiger partial charge in [-0.25, -0.2) is 13.2 Å². The van der Waals surface area contributed by atoms with E-state index in [0.717, 1.165) is 11.3 Å². The molecule has 1 amide bonds. The predicted molar refractivity (Wildman–Crippen MR) is 115 cm³/mol. The Bertz CT molecular complexity index is 997. The molecule has 8 nitrogen and oxygen atoms in total. The number of carbonyl (C=O) groups is 2. The van der Waals surface area contributed by atoms with Crippen molar-refractivity contribution in [1.82, 2.24) is 9.21 Å². The smallest absolute Gasteiger partial charge is 0.340 e. The number of hydrogen-bond donors (Lipinski definition) is 1. The van der Waals surface area contributed by atoms with Crippen molar-refractivity contribution in [3.05, 3.63) is 46.8 Å². The number of hydrogen-bond acceptors (Lipinski definition) is 7. The molecule has 1 aliphatic rings. The largest absolute Gasteiger partial charge is 0.465 e. The fourth-order valence-electron chi connectivity index (χ4n) is 3.21. The van der Waals surface area contributed by atoms with Crippen LogP contribution in [0.15, 0.2) is 41.3 Å². The zero-order valence-electron chi connectivity index (χ0n) is 17.0. The minimum Gasteiger partial charge on any atom is -0.465 e. The maximum Gasteiger partial charge on any atom is 0.340 e. The van der Waals surface area contributed by atoms with Crippen LogP contribution in [0.3, 0.4) is 0 Å². The molecule has 162 valence electrons. The number of benzene rings is 1. The van der Waals surface area contributed by atoms with Crippen molar-refractivity contribution in [2.75, 3.05) is 45.2 Å². The molecule has 1 N–H and O–H groups in total. The summed E-state index contributed by atoms with van der Waals surface area (Å²) in [6.07, 6.45) is 0.752. The average Bonchev–Trinajstić information content (AvgIpc) is 3.17. The first-order valence-corrected chi connectivity index (χ1v) is 11.9. The van der Waals surface area contributed by atoms with Gasteiger partial charge in [0.25, 0.3) is 0 Å². The highest BCUT2D eigenvalue weighted by Gasteiger charge is 2.29. The highest BCUT2D eigenvalue weighted by molar-refractivity contribution is 7.89. The van der Waals surface area contributed by atoms with Crippen molar-refractivity contribution in [2.45, 2.75) is 18.2 Å². The van der Waals surface area contributed by atoms with Gasteiger partial charge >= 0.3 is 5.97 Å². The van der Waals surface area contributed by atoms with E-state index in [1.165, 1.54) is 22.8 Å². The average molecular weight is 452 g/mol. The molecule has 0 spiro atoms. The van der Waals surface area contributed by atoms with Gasteiger partial charge < -0.3 is 10.1 Å². The van der Waals surface area contributed by atoms with Gasteiger partial charge in [0.15, 0.2) is 0 Å². The maximum atomic E-state index is 12.7. The van der Waals surface area contributed by atoms with E-state index in [-0.39, 0.29) is 17.3 Å². The summed E-state index contributed by atoms with van der Waals surface area (Å²) in [5, 5.41) is 3.28. The Morgan fingerprint density at radius 1 is 1.13 bits per heavy atom. The summed E-state index contributed by atoms with van der Waals surface area (Å²) in [7, 11) is -2.22. The number of methoxy groups -OCH3 is 1. The van der Waals surface area contributed by atoms with Crippen LogP contribution < -0.4 is 5.32 Å². The molecule has 1 fully saturated rings. The molecule has 3 rings (SSSR count). The Morgan fingerprint density at radius 3 is 2.40 bits per heavy atom. The minimum atomic E-state index is -3.52. The predicted octanol–water partition coefficient (Wildman–Crippen LogP) is 2.04. The number of aryl methyl sites for hydroxylation is 1. The van der Waals surface area contributed by atoms with Crippen molar-refractivity contribution in [2.24, 2.45) is 0 Å². The molecule has 1 aliphatic heterocycles. The molecule has 2 aromatic rings. The third kappa shape index (κ3) is 5.07. The van der Waals surface area contributed by atoms with Crippen molar-refractivity contribution in [3.8, 4) is 0 Å². The van der Waals surface area contributed by atoms with Crippen molar-refractivity contribution in [1.29, 1.82) is 0 Å². The monoisotopic (exact) mass is 451 g/mol. The minimum absolute atomic E-state index is 0.124. The Morgan fingerprint density at radius 2 is 1.80 bits per heavy atom. The number of carbonyl (C=O) groups excluding carboxylic acids is 2. The van der Waals surface area contributed by atoms with Crippen LogP contribution in [-0.4, -0.2) is 69.3 Å². The van der Waals surface area contributed by atoms with E-state index in [9.17, 15) is 18.0 Å². The first-order chi connectivity index (χ1) is 14.3. The molecule has 1 aromatic carbocycles. The number of amides is 1. The summed E-state index contributed by atoms with van der Waals surface area (Å²) < 4.78 is 31.6. The third-order valence-electron chi connectivity index (χ3n) is 4.87. The van der Waals surface area contributed by atoms with E-state index in [2.05, 4.69) is 5.32 Å². The number of anilines is 1. The fourth-order valence-corrected chi connectivity index (χ4v) is 5.65. The van der Waals surface area contributed by atoms with Crippen LogP contribution in [0, 0.1) is 0 Å². The van der Waals surface area contributed by atoms with Gasteiger partial charge in [0.2, 0.25) is 15.9 Å². The van der Waals surface area contributed by atoms with Crippen LogP contribution in [0.2, 0.25) is 0 Å². The molecule has 1 saturated heterocycles. The second-order valence-corrected chi connectivity index (χ2v) is 9.92. The quantitative estimate of drug-likeness (QED) is 0.648. The highest BCUT2D eigenvalue weighted by atomic mass is 32.2. The van der Waals surface area contributed by atoms with E-state index >= 15 is 0 Å². The molecular weight excluding hydrogens is 426 g/mol. The first kappa shape index (κ1) is 22.4. The number of nitrogens with one attached hydrogen (secondary N) is 1. The molecule has 30 heavy (non-hydrogen) atoms. The summed E-state index contributed by atoms with van der Waals surface area (Å²) >= 11 is 1.36. The Balaban J connectivity index is 1.57. The molecule has 0 aliphatic carbocycles. The number of ether oxygens (including phenoxy) is 1. The van der Waals surface area contributed by atoms with Crippen LogP contribution in [0.25, 0.3) is 0 Å². The first-order valence-electron chi connectivity index (χ1n) is 9.63. The van der Waals surface area contributed by atoms with Crippen molar-refractivity contribution < 1.29 is 22.7 Å². The Kier molecular flexibility index (Phi) is 7.24. The zero-order chi connectivity index (χ0) is 21.7. The van der Waals surface area contributed by atoms with E-state index in [1.54, 1.807) is 36.4 Å². The molecular formula is C20H25N3O5S2. The topological polar surface area (TPSA) is 96.0 Å². The van der Waals surface area contributed by atoms with Crippen LogP contribution in [0.5, 0.6) is 0 Å². The molecule has 10 heteroatoms. The maximum absolute atomic E-state index is 12.7. The van der Waals surface area contributed by atoms with Gasteiger partial charge in [-0.3, -0.25) is 9.69 Å². The summed E-state index contributed by atoms with van der Waals surface area (Å²) in [4.78, 5) is 27.6. The van der Waals surface area contributed by atoms with E-state index in [1.807, 2.05) is 11.8 Å². The summed E-state index contributed by atoms with van der Waals surface area (Å²) in [5.41, 5.74) is 0.353. The number of piperazine rings is 1. The Hall–Kier alpha value is -2.27. The van der Waals surface area contributed by atoms with Gasteiger partial charge in [-0.1, -0.05) is 25.1 Å². The second-order valence-electron chi connectivity index (χ2n) is 6.84. The SMILES string of the molecule is CCc1cc(C(=O)OC)c(NC(=O)CN2CCN(S(=O)(=O)c3ccccc3)CC2)s1. The van der Waals surface area contributed by atoms with Crippen molar-refractivity contribution >= 4 is 38.2 Å². The van der Waals surface area contributed by atoms with Gasteiger partial charge in [0.05, 0.1) is 24.1 Å². The van der Waals surface area contributed by atoms with Crippen LogP contribution >= 0.6 is 11.3 Å². The third-order valence-corrected chi connectivity index (χ3v) is 7.98. The zero-order valence-corrected chi connectivity index (χ0v) is 18.6. The normalized spacial score (nSPS) is 15.7. The lowest BCUT2D eigenvalue weighted by Crippen LogP contribution is -2.50. The number of rotatable bonds is 7. The van der Waals surface area contributed by atoms with Crippen molar-refractivity contribution in [3.63, 3.8) is 0 Å². The van der Waals surface area contributed by atoms with Crippen LogP contribution in [-0.2, 0) is 26.0 Å². The molecule has 0 bridgehead atoms. The summed E-state index contributed by atoms with van der Waals surface area (Å²) in [5.74, 6) is -0.731. The van der Waals surface area contributed by atoms with Crippen LogP contribution in [0.4, 0.5) is 5.00 Å². The molecule has 0 radical (unpaired) electrons. The summed E-state index contributed by atoms with van der Waals surface area (Å²) in [6, 6.07) is 10.1. The number of nitrogens with zero attached hydrogens (tertiary/aromatic N) is 2. The van der Waals surface area contributed by atoms with Gasteiger partial charge in [-0.2, -0.15) is 4.31 Å².